The molecule has 0 aliphatic rings. The second kappa shape index (κ2) is 7.96. The predicted molar refractivity (Wildman–Crippen MR) is 82.6 cm³/mol. The monoisotopic (exact) mass is 401 g/mol. The van der Waals surface area contributed by atoms with Crippen molar-refractivity contribution in [3.05, 3.63) is 69.4 Å². The van der Waals surface area contributed by atoms with E-state index >= 15 is 0 Å². The van der Waals surface area contributed by atoms with Crippen LogP contribution in [-0.2, 0) is 16.1 Å². The maximum atomic E-state index is 13.5. The molecule has 126 valence electrons. The fraction of sp³-hybridized carbons (Fsp3) is 0.125. The Morgan fingerprint density at radius 1 is 1.04 bits per heavy atom. The minimum atomic E-state index is -1.04. The Hall–Kier alpha value is -2.35. The molecule has 0 aromatic heterocycles. The van der Waals surface area contributed by atoms with Gasteiger partial charge in [-0.1, -0.05) is 22.0 Å². The molecule has 0 unspecified atom stereocenters. The van der Waals surface area contributed by atoms with Gasteiger partial charge in [0, 0.05) is 16.1 Å². The van der Waals surface area contributed by atoms with Crippen molar-refractivity contribution < 1.29 is 27.5 Å². The van der Waals surface area contributed by atoms with Gasteiger partial charge in [-0.2, -0.15) is 0 Å². The number of carbonyl (C=O) groups is 2. The van der Waals surface area contributed by atoms with Crippen LogP contribution in [0.3, 0.4) is 0 Å². The molecule has 1 amide bonds. The standard InChI is InChI=1S/C16H11BrF3NO3/c17-10-2-1-9(13(19)5-10)8-24-15(22)7-21-16(23)12-4-3-11(18)6-14(12)20/h1-6H,7-8H2,(H,21,23). The van der Waals surface area contributed by atoms with Crippen LogP contribution >= 0.6 is 15.9 Å². The van der Waals surface area contributed by atoms with Gasteiger partial charge < -0.3 is 10.1 Å². The first kappa shape index (κ1) is 18.0. The van der Waals surface area contributed by atoms with Crippen molar-refractivity contribution >= 4 is 27.8 Å². The first-order valence-electron chi connectivity index (χ1n) is 6.69. The predicted octanol–water partition coefficient (Wildman–Crippen LogP) is 3.34. The topological polar surface area (TPSA) is 55.4 Å². The Labute approximate surface area is 143 Å². The van der Waals surface area contributed by atoms with Crippen LogP contribution in [0.25, 0.3) is 0 Å². The molecule has 2 aromatic carbocycles. The van der Waals surface area contributed by atoms with E-state index in [0.717, 1.165) is 12.1 Å². The van der Waals surface area contributed by atoms with Gasteiger partial charge in [-0.15, -0.1) is 0 Å². The van der Waals surface area contributed by atoms with Crippen molar-refractivity contribution in [3.8, 4) is 0 Å². The Bertz CT molecular complexity index is 783. The molecule has 0 atom stereocenters. The molecular weight excluding hydrogens is 391 g/mol. The zero-order chi connectivity index (χ0) is 17.7. The number of ether oxygens (including phenoxy) is 1. The minimum Gasteiger partial charge on any atom is -0.459 e. The fourth-order valence-corrected chi connectivity index (χ4v) is 2.10. The third-order valence-corrected chi connectivity index (χ3v) is 3.47. The van der Waals surface area contributed by atoms with E-state index in [9.17, 15) is 22.8 Å². The van der Waals surface area contributed by atoms with Gasteiger partial charge in [0.2, 0.25) is 0 Å². The summed E-state index contributed by atoms with van der Waals surface area (Å²) in [5.74, 6) is -4.13. The molecule has 0 saturated heterocycles. The van der Waals surface area contributed by atoms with Crippen molar-refractivity contribution in [3.63, 3.8) is 0 Å². The summed E-state index contributed by atoms with van der Waals surface area (Å²) in [5.41, 5.74) is -0.231. The Kier molecular flexibility index (Phi) is 5.97. The molecule has 0 bridgehead atoms. The molecule has 0 saturated carbocycles. The van der Waals surface area contributed by atoms with Crippen LogP contribution < -0.4 is 5.32 Å². The number of nitrogens with one attached hydrogen (secondary N) is 1. The summed E-state index contributed by atoms with van der Waals surface area (Å²) >= 11 is 3.10. The lowest BCUT2D eigenvalue weighted by molar-refractivity contribution is -0.143. The van der Waals surface area contributed by atoms with E-state index < -0.39 is 41.4 Å². The van der Waals surface area contributed by atoms with Crippen LogP contribution in [0.4, 0.5) is 13.2 Å². The average molecular weight is 402 g/mol. The quantitative estimate of drug-likeness (QED) is 0.781. The second-order valence-corrected chi connectivity index (χ2v) is 5.62. The van der Waals surface area contributed by atoms with Crippen molar-refractivity contribution in [1.29, 1.82) is 0 Å². The SMILES string of the molecule is O=C(CNC(=O)c1ccc(F)cc1F)OCc1ccc(Br)cc1F. The number of carbonyl (C=O) groups excluding carboxylic acids is 2. The van der Waals surface area contributed by atoms with Gasteiger partial charge in [0.05, 0.1) is 5.56 Å². The molecular formula is C16H11BrF3NO3. The molecule has 0 radical (unpaired) electrons. The molecule has 0 spiro atoms. The molecule has 0 fully saturated rings. The van der Waals surface area contributed by atoms with E-state index in [1.165, 1.54) is 12.1 Å². The van der Waals surface area contributed by atoms with Crippen molar-refractivity contribution in [2.45, 2.75) is 6.61 Å². The Morgan fingerprint density at radius 2 is 1.79 bits per heavy atom. The van der Waals surface area contributed by atoms with Gasteiger partial charge >= 0.3 is 5.97 Å². The highest BCUT2D eigenvalue weighted by molar-refractivity contribution is 9.10. The fourth-order valence-electron chi connectivity index (χ4n) is 1.77. The highest BCUT2D eigenvalue weighted by Crippen LogP contribution is 2.16. The van der Waals surface area contributed by atoms with Gasteiger partial charge in [-0.3, -0.25) is 9.59 Å². The summed E-state index contributed by atoms with van der Waals surface area (Å²) in [7, 11) is 0. The number of benzene rings is 2. The van der Waals surface area contributed by atoms with Crippen molar-refractivity contribution in [2.75, 3.05) is 6.54 Å². The third kappa shape index (κ3) is 4.82. The van der Waals surface area contributed by atoms with Crippen LogP contribution in [0.15, 0.2) is 40.9 Å². The van der Waals surface area contributed by atoms with E-state index in [1.54, 1.807) is 6.07 Å². The van der Waals surface area contributed by atoms with Gasteiger partial charge in [0.1, 0.15) is 30.6 Å². The Balaban J connectivity index is 1.85. The van der Waals surface area contributed by atoms with Gasteiger partial charge in [-0.25, -0.2) is 13.2 Å². The van der Waals surface area contributed by atoms with Crippen LogP contribution in [0.5, 0.6) is 0 Å². The van der Waals surface area contributed by atoms with Gasteiger partial charge in [-0.05, 0) is 24.3 Å². The molecule has 8 heteroatoms. The minimum absolute atomic E-state index is 0.169. The lowest BCUT2D eigenvalue weighted by Gasteiger charge is -2.08. The van der Waals surface area contributed by atoms with Crippen molar-refractivity contribution in [1.82, 2.24) is 5.32 Å². The van der Waals surface area contributed by atoms with E-state index in [1.807, 2.05) is 0 Å². The lowest BCUT2D eigenvalue weighted by Crippen LogP contribution is -2.31. The number of rotatable bonds is 5. The molecule has 0 aliphatic carbocycles. The molecule has 2 rings (SSSR count). The molecule has 24 heavy (non-hydrogen) atoms. The maximum absolute atomic E-state index is 13.5. The second-order valence-electron chi connectivity index (χ2n) is 4.70. The summed E-state index contributed by atoms with van der Waals surface area (Å²) in [6.45, 7) is -0.841. The largest absolute Gasteiger partial charge is 0.459 e. The number of hydrogen-bond acceptors (Lipinski definition) is 3. The average Bonchev–Trinajstić information content (AvgIpc) is 2.51. The number of esters is 1. The third-order valence-electron chi connectivity index (χ3n) is 2.97. The summed E-state index contributed by atoms with van der Waals surface area (Å²) in [5, 5.41) is 2.14. The molecule has 4 nitrogen and oxygen atoms in total. The van der Waals surface area contributed by atoms with E-state index in [4.69, 9.17) is 4.74 Å². The van der Waals surface area contributed by atoms with Gasteiger partial charge in [0.25, 0.3) is 5.91 Å². The number of halogens is 4. The van der Waals surface area contributed by atoms with E-state index in [2.05, 4.69) is 21.2 Å². The number of amides is 1. The molecule has 0 heterocycles. The van der Waals surface area contributed by atoms with Crippen LogP contribution in [-0.4, -0.2) is 18.4 Å². The first-order valence-corrected chi connectivity index (χ1v) is 7.49. The summed E-state index contributed by atoms with van der Waals surface area (Å²) in [6.07, 6.45) is 0. The van der Waals surface area contributed by atoms with Crippen LogP contribution in [0.2, 0.25) is 0 Å². The first-order chi connectivity index (χ1) is 11.4. The van der Waals surface area contributed by atoms with E-state index in [0.29, 0.717) is 10.5 Å². The zero-order valence-corrected chi connectivity index (χ0v) is 13.7. The molecule has 0 aliphatic heterocycles. The van der Waals surface area contributed by atoms with Crippen LogP contribution in [0.1, 0.15) is 15.9 Å². The highest BCUT2D eigenvalue weighted by atomic mass is 79.9. The molecule has 2 aromatic rings. The van der Waals surface area contributed by atoms with Crippen molar-refractivity contribution in [2.24, 2.45) is 0 Å². The summed E-state index contributed by atoms with van der Waals surface area (Å²) in [4.78, 5) is 23.2. The van der Waals surface area contributed by atoms with E-state index in [-0.39, 0.29) is 12.2 Å². The summed E-state index contributed by atoms with van der Waals surface area (Å²) in [6, 6.07) is 6.70. The number of hydrogen-bond donors (Lipinski definition) is 1. The molecule has 1 N–H and O–H groups in total. The highest BCUT2D eigenvalue weighted by Gasteiger charge is 2.14. The Morgan fingerprint density at radius 3 is 2.46 bits per heavy atom. The smallest absolute Gasteiger partial charge is 0.325 e. The van der Waals surface area contributed by atoms with Crippen LogP contribution in [0, 0.1) is 17.5 Å². The lowest BCUT2D eigenvalue weighted by atomic mass is 10.2. The van der Waals surface area contributed by atoms with Gasteiger partial charge in [0.15, 0.2) is 0 Å². The normalized spacial score (nSPS) is 10.3. The summed E-state index contributed by atoms with van der Waals surface area (Å²) < 4.78 is 45.1. The zero-order valence-electron chi connectivity index (χ0n) is 12.1. The maximum Gasteiger partial charge on any atom is 0.325 e.